The number of carbonyl (C=O) groups excluding carboxylic acids is 1. The Morgan fingerprint density at radius 2 is 2.25 bits per heavy atom. The molecule has 1 aromatic rings. The molecule has 0 atom stereocenters. The summed E-state index contributed by atoms with van der Waals surface area (Å²) in [6, 6.07) is 4.25. The van der Waals surface area contributed by atoms with E-state index in [4.69, 9.17) is 0 Å². The lowest BCUT2D eigenvalue weighted by molar-refractivity contribution is -0.384. The van der Waals surface area contributed by atoms with Gasteiger partial charge in [0.05, 0.1) is 10.6 Å². The maximum absolute atomic E-state index is 11.3. The smallest absolute Gasteiger partial charge is 0.271 e. The van der Waals surface area contributed by atoms with E-state index >= 15 is 0 Å². The van der Waals surface area contributed by atoms with Crippen LogP contribution in [0.3, 0.4) is 0 Å². The van der Waals surface area contributed by atoms with Crippen molar-refractivity contribution in [3.05, 3.63) is 32.8 Å². The highest BCUT2D eigenvalue weighted by Gasteiger charge is 2.11. The zero-order chi connectivity index (χ0) is 12.1. The topological polar surface area (TPSA) is 72.2 Å². The number of amides is 1. The van der Waals surface area contributed by atoms with Crippen LogP contribution in [0.4, 0.5) is 11.4 Å². The molecule has 5 nitrogen and oxygen atoms in total. The van der Waals surface area contributed by atoms with Crippen LogP contribution in [0.25, 0.3) is 0 Å². The monoisotopic (exact) mass is 286 g/mol. The molecule has 0 spiro atoms. The van der Waals surface area contributed by atoms with Gasteiger partial charge in [-0.1, -0.05) is 6.92 Å². The van der Waals surface area contributed by atoms with Crippen LogP contribution in [0.15, 0.2) is 22.7 Å². The summed E-state index contributed by atoms with van der Waals surface area (Å²) in [6.45, 7) is 1.89. The van der Waals surface area contributed by atoms with Crippen LogP contribution < -0.4 is 5.32 Å². The number of nitro groups is 1. The van der Waals surface area contributed by atoms with Crippen molar-refractivity contribution >= 4 is 33.2 Å². The number of benzene rings is 1. The Hall–Kier alpha value is -1.43. The summed E-state index contributed by atoms with van der Waals surface area (Å²) < 4.78 is 0.627. The Balaban J connectivity index is 2.90. The molecule has 0 bridgehead atoms. The number of nitrogens with one attached hydrogen (secondary N) is 1. The van der Waals surface area contributed by atoms with Crippen LogP contribution >= 0.6 is 15.9 Å². The number of nitro benzene ring substituents is 1. The first-order valence-electron chi connectivity index (χ1n) is 4.78. The van der Waals surface area contributed by atoms with E-state index in [1.54, 1.807) is 6.07 Å². The maximum atomic E-state index is 11.3. The Labute approximate surface area is 101 Å². The molecule has 6 heteroatoms. The van der Waals surface area contributed by atoms with E-state index in [-0.39, 0.29) is 11.6 Å². The quantitative estimate of drug-likeness (QED) is 0.683. The molecule has 0 aliphatic rings. The molecule has 0 saturated carbocycles. The molecule has 0 fully saturated rings. The second-order valence-electron chi connectivity index (χ2n) is 3.22. The molecule has 0 saturated heterocycles. The van der Waals surface area contributed by atoms with Crippen molar-refractivity contribution in [2.24, 2.45) is 0 Å². The van der Waals surface area contributed by atoms with Gasteiger partial charge in [-0.3, -0.25) is 14.9 Å². The predicted octanol–water partition coefficient (Wildman–Crippen LogP) is 3.10. The normalized spacial score (nSPS) is 9.88. The lowest BCUT2D eigenvalue weighted by Crippen LogP contribution is -2.11. The number of rotatable bonds is 4. The third-order valence-corrected chi connectivity index (χ3v) is 2.60. The third-order valence-electron chi connectivity index (χ3n) is 1.91. The molecule has 1 rings (SSSR count). The summed E-state index contributed by atoms with van der Waals surface area (Å²) in [5.41, 5.74) is 0.377. The van der Waals surface area contributed by atoms with Gasteiger partial charge >= 0.3 is 0 Å². The van der Waals surface area contributed by atoms with Crippen LogP contribution in [0.5, 0.6) is 0 Å². The molecule has 0 radical (unpaired) electrons. The van der Waals surface area contributed by atoms with Gasteiger partial charge in [0.25, 0.3) is 5.69 Å². The molecule has 16 heavy (non-hydrogen) atoms. The number of non-ortho nitro benzene ring substituents is 1. The van der Waals surface area contributed by atoms with E-state index in [1.807, 2.05) is 6.92 Å². The molecular formula is C10H11BrN2O3. The van der Waals surface area contributed by atoms with Gasteiger partial charge in [0.2, 0.25) is 5.91 Å². The van der Waals surface area contributed by atoms with E-state index in [1.165, 1.54) is 12.1 Å². The fourth-order valence-corrected chi connectivity index (χ4v) is 1.51. The summed E-state index contributed by atoms with van der Waals surface area (Å²) in [7, 11) is 0. The minimum atomic E-state index is -0.498. The average molecular weight is 287 g/mol. The van der Waals surface area contributed by atoms with Crippen LogP contribution in [0, 0.1) is 10.1 Å². The van der Waals surface area contributed by atoms with Gasteiger partial charge in [-0.15, -0.1) is 0 Å². The Kier molecular flexibility index (Phi) is 4.42. The minimum absolute atomic E-state index is 0.0463. The van der Waals surface area contributed by atoms with Gasteiger partial charge in [0, 0.05) is 23.0 Å². The zero-order valence-corrected chi connectivity index (χ0v) is 10.3. The standard InChI is InChI=1S/C10H11BrN2O3/c1-2-3-10(14)12-9-6-7(13(15)16)4-5-8(9)11/h4-6H,2-3H2,1H3,(H,12,14). The van der Waals surface area contributed by atoms with Crippen LogP contribution in [-0.4, -0.2) is 10.8 Å². The van der Waals surface area contributed by atoms with Crippen LogP contribution in [0.2, 0.25) is 0 Å². The number of carbonyl (C=O) groups is 1. The molecule has 0 heterocycles. The van der Waals surface area contributed by atoms with Crippen molar-refractivity contribution < 1.29 is 9.72 Å². The van der Waals surface area contributed by atoms with Gasteiger partial charge in [0.1, 0.15) is 0 Å². The van der Waals surface area contributed by atoms with E-state index in [9.17, 15) is 14.9 Å². The van der Waals surface area contributed by atoms with Crippen molar-refractivity contribution in [2.45, 2.75) is 19.8 Å². The Bertz CT molecular complexity index is 421. The van der Waals surface area contributed by atoms with Gasteiger partial charge in [-0.2, -0.15) is 0 Å². The molecule has 0 unspecified atom stereocenters. The third kappa shape index (κ3) is 3.30. The number of hydrogen-bond donors (Lipinski definition) is 1. The highest BCUT2D eigenvalue weighted by atomic mass is 79.9. The first-order chi connectivity index (χ1) is 7.54. The van der Waals surface area contributed by atoms with Crippen molar-refractivity contribution in [1.29, 1.82) is 0 Å². The average Bonchev–Trinajstić information content (AvgIpc) is 2.21. The Morgan fingerprint density at radius 3 is 2.81 bits per heavy atom. The fraction of sp³-hybridized carbons (Fsp3) is 0.300. The number of hydrogen-bond acceptors (Lipinski definition) is 3. The summed E-state index contributed by atoms with van der Waals surface area (Å²) >= 11 is 3.22. The summed E-state index contributed by atoms with van der Waals surface area (Å²) in [6.07, 6.45) is 1.13. The van der Waals surface area contributed by atoms with Gasteiger partial charge in [0.15, 0.2) is 0 Å². The highest BCUT2D eigenvalue weighted by molar-refractivity contribution is 9.10. The first kappa shape index (κ1) is 12.6. The lowest BCUT2D eigenvalue weighted by atomic mass is 10.2. The number of halogens is 1. The van der Waals surface area contributed by atoms with Crippen molar-refractivity contribution in [3.63, 3.8) is 0 Å². The van der Waals surface area contributed by atoms with Crippen molar-refractivity contribution in [2.75, 3.05) is 5.32 Å². The molecule has 1 amide bonds. The molecule has 86 valence electrons. The summed E-state index contributed by atoms with van der Waals surface area (Å²) in [4.78, 5) is 21.4. The molecular weight excluding hydrogens is 276 g/mol. The van der Waals surface area contributed by atoms with Crippen LogP contribution in [0.1, 0.15) is 19.8 Å². The van der Waals surface area contributed by atoms with Crippen molar-refractivity contribution in [3.8, 4) is 0 Å². The SMILES string of the molecule is CCCC(=O)Nc1cc([N+](=O)[O-])ccc1Br. The minimum Gasteiger partial charge on any atom is -0.325 e. The number of nitrogens with zero attached hydrogens (tertiary/aromatic N) is 1. The van der Waals surface area contributed by atoms with E-state index in [0.717, 1.165) is 6.42 Å². The van der Waals surface area contributed by atoms with Gasteiger partial charge in [-0.05, 0) is 28.4 Å². The highest BCUT2D eigenvalue weighted by Crippen LogP contribution is 2.27. The fourth-order valence-electron chi connectivity index (χ4n) is 1.16. The summed E-state index contributed by atoms with van der Waals surface area (Å²) in [5.74, 6) is -0.149. The van der Waals surface area contributed by atoms with Gasteiger partial charge in [-0.25, -0.2) is 0 Å². The second kappa shape index (κ2) is 5.60. The van der Waals surface area contributed by atoms with E-state index in [0.29, 0.717) is 16.6 Å². The van der Waals surface area contributed by atoms with Crippen molar-refractivity contribution in [1.82, 2.24) is 0 Å². The molecule has 0 aliphatic heterocycles. The largest absolute Gasteiger partial charge is 0.325 e. The molecule has 0 aromatic heterocycles. The zero-order valence-electron chi connectivity index (χ0n) is 8.70. The molecule has 0 aliphatic carbocycles. The second-order valence-corrected chi connectivity index (χ2v) is 4.07. The van der Waals surface area contributed by atoms with E-state index < -0.39 is 4.92 Å². The summed E-state index contributed by atoms with van der Waals surface area (Å²) in [5, 5.41) is 13.2. The predicted molar refractivity (Wildman–Crippen MR) is 64.3 cm³/mol. The first-order valence-corrected chi connectivity index (χ1v) is 5.57. The van der Waals surface area contributed by atoms with Gasteiger partial charge < -0.3 is 5.32 Å². The van der Waals surface area contributed by atoms with E-state index in [2.05, 4.69) is 21.2 Å². The lowest BCUT2D eigenvalue weighted by Gasteiger charge is -2.06. The Morgan fingerprint density at radius 1 is 1.56 bits per heavy atom. The number of anilines is 1. The molecule has 1 N–H and O–H groups in total. The maximum Gasteiger partial charge on any atom is 0.271 e. The molecule has 1 aromatic carbocycles. The van der Waals surface area contributed by atoms with Crippen LogP contribution in [-0.2, 0) is 4.79 Å².